The molecule has 94 valence electrons. The second-order valence-corrected chi connectivity index (χ2v) is 2.58. The van der Waals surface area contributed by atoms with Crippen LogP contribution in [0, 0.1) is 0 Å². The van der Waals surface area contributed by atoms with E-state index in [1.54, 1.807) is 0 Å². The molecule has 0 aliphatic heterocycles. The highest BCUT2D eigenvalue weighted by atomic mass is 19.4. The monoisotopic (exact) mass is 252 g/mol. The molecule has 10 heteroatoms. The maximum atomic E-state index is 12.4. The number of alkyl halides is 3. The van der Waals surface area contributed by atoms with Crippen LogP contribution in [0.25, 0.3) is 0 Å². The number of methoxy groups -OCH3 is 2. The molecular formula is C7H7F3N4O3. The molecule has 1 rings (SSSR count). The zero-order valence-corrected chi connectivity index (χ0v) is 8.70. The number of halogens is 3. The van der Waals surface area contributed by atoms with Gasteiger partial charge in [-0.25, -0.2) is 4.79 Å². The van der Waals surface area contributed by atoms with Gasteiger partial charge in [0, 0.05) is 0 Å². The molecule has 0 spiro atoms. The Bertz CT molecular complexity index is 423. The van der Waals surface area contributed by atoms with Gasteiger partial charge in [0.05, 0.1) is 14.2 Å². The standard InChI is InChI=1S/C7H7F3N4O3/c1-16-5-12-3(7(8,9)10)11-4(13-5)14-6(15)17-2/h1-2H3,(H,11,12,13,14,15). The molecule has 0 unspecified atom stereocenters. The van der Waals surface area contributed by atoms with Crippen molar-refractivity contribution >= 4 is 12.0 Å². The third-order valence-electron chi connectivity index (χ3n) is 1.45. The van der Waals surface area contributed by atoms with Gasteiger partial charge in [0.25, 0.3) is 0 Å². The van der Waals surface area contributed by atoms with E-state index in [4.69, 9.17) is 0 Å². The fraction of sp³-hybridized carbons (Fsp3) is 0.429. The molecule has 7 nitrogen and oxygen atoms in total. The lowest BCUT2D eigenvalue weighted by Crippen LogP contribution is -2.18. The molecule has 0 fully saturated rings. The van der Waals surface area contributed by atoms with Gasteiger partial charge >= 0.3 is 18.3 Å². The van der Waals surface area contributed by atoms with Crippen LogP contribution in [0.5, 0.6) is 6.01 Å². The third-order valence-corrected chi connectivity index (χ3v) is 1.45. The van der Waals surface area contributed by atoms with Gasteiger partial charge in [-0.15, -0.1) is 0 Å². The number of carbonyl (C=O) groups is 1. The number of nitrogens with one attached hydrogen (secondary N) is 1. The van der Waals surface area contributed by atoms with Gasteiger partial charge in [0.1, 0.15) is 0 Å². The largest absolute Gasteiger partial charge is 0.467 e. The molecular weight excluding hydrogens is 245 g/mol. The van der Waals surface area contributed by atoms with Crippen molar-refractivity contribution in [3.05, 3.63) is 5.82 Å². The van der Waals surface area contributed by atoms with Crippen molar-refractivity contribution in [2.24, 2.45) is 0 Å². The number of nitrogens with zero attached hydrogens (tertiary/aromatic N) is 3. The summed E-state index contributed by atoms with van der Waals surface area (Å²) < 4.78 is 45.7. The average Bonchev–Trinajstić information content (AvgIpc) is 2.27. The van der Waals surface area contributed by atoms with Gasteiger partial charge in [-0.1, -0.05) is 0 Å². The number of hydrogen-bond donors (Lipinski definition) is 1. The van der Waals surface area contributed by atoms with Crippen LogP contribution in [-0.2, 0) is 10.9 Å². The minimum Gasteiger partial charge on any atom is -0.467 e. The summed E-state index contributed by atoms with van der Waals surface area (Å²) >= 11 is 0. The minimum absolute atomic E-state index is 0.571. The number of aromatic nitrogens is 3. The number of rotatable bonds is 2. The van der Waals surface area contributed by atoms with Gasteiger partial charge in [0.2, 0.25) is 11.8 Å². The van der Waals surface area contributed by atoms with Crippen molar-refractivity contribution in [3.8, 4) is 6.01 Å². The first-order chi connectivity index (χ1) is 7.86. The Balaban J connectivity index is 3.10. The van der Waals surface area contributed by atoms with Crippen LogP contribution in [0.15, 0.2) is 0 Å². The lowest BCUT2D eigenvalue weighted by molar-refractivity contribution is -0.145. The lowest BCUT2D eigenvalue weighted by Gasteiger charge is -2.08. The highest BCUT2D eigenvalue weighted by Gasteiger charge is 2.36. The van der Waals surface area contributed by atoms with Gasteiger partial charge in [-0.2, -0.15) is 28.1 Å². The van der Waals surface area contributed by atoms with Gasteiger partial charge in [0.15, 0.2) is 0 Å². The zero-order chi connectivity index (χ0) is 13.1. The Labute approximate surface area is 93.0 Å². The summed E-state index contributed by atoms with van der Waals surface area (Å²) in [5.74, 6) is -2.09. The maximum Gasteiger partial charge on any atom is 0.451 e. The quantitative estimate of drug-likeness (QED) is 0.847. The van der Waals surface area contributed by atoms with Gasteiger partial charge < -0.3 is 9.47 Å². The summed E-state index contributed by atoms with van der Waals surface area (Å²) in [4.78, 5) is 20.2. The van der Waals surface area contributed by atoms with E-state index in [-0.39, 0.29) is 0 Å². The Hall–Kier alpha value is -2.13. The van der Waals surface area contributed by atoms with Crippen LogP contribution >= 0.6 is 0 Å². The Morgan fingerprint density at radius 1 is 1.24 bits per heavy atom. The predicted molar refractivity (Wildman–Crippen MR) is 47.4 cm³/mol. The zero-order valence-electron chi connectivity index (χ0n) is 8.70. The van der Waals surface area contributed by atoms with E-state index in [0.717, 1.165) is 14.2 Å². The van der Waals surface area contributed by atoms with Crippen LogP contribution < -0.4 is 10.1 Å². The molecule has 0 radical (unpaired) electrons. The van der Waals surface area contributed by atoms with E-state index in [2.05, 4.69) is 24.4 Å². The molecule has 1 aromatic rings. The van der Waals surface area contributed by atoms with Crippen molar-refractivity contribution in [1.29, 1.82) is 0 Å². The van der Waals surface area contributed by atoms with Crippen molar-refractivity contribution in [3.63, 3.8) is 0 Å². The number of ether oxygens (including phenoxy) is 2. The summed E-state index contributed by atoms with van der Waals surface area (Å²) in [5.41, 5.74) is 0. The fourth-order valence-electron chi connectivity index (χ4n) is 0.773. The maximum absolute atomic E-state index is 12.4. The van der Waals surface area contributed by atoms with E-state index in [1.165, 1.54) is 0 Å². The van der Waals surface area contributed by atoms with E-state index >= 15 is 0 Å². The SMILES string of the molecule is COC(=O)Nc1nc(OC)nc(C(F)(F)F)n1. The van der Waals surface area contributed by atoms with E-state index in [0.29, 0.717) is 0 Å². The molecule has 0 aliphatic carbocycles. The highest BCUT2D eigenvalue weighted by Crippen LogP contribution is 2.27. The van der Waals surface area contributed by atoms with Crippen LogP contribution in [0.3, 0.4) is 0 Å². The number of amides is 1. The number of hydrogen-bond acceptors (Lipinski definition) is 6. The van der Waals surface area contributed by atoms with E-state index < -0.39 is 30.1 Å². The minimum atomic E-state index is -4.78. The molecule has 17 heavy (non-hydrogen) atoms. The molecule has 0 saturated carbocycles. The summed E-state index contributed by atoms with van der Waals surface area (Å²) in [6.07, 6.45) is -5.78. The first kappa shape index (κ1) is 12.9. The third kappa shape index (κ3) is 3.43. The lowest BCUT2D eigenvalue weighted by atomic mass is 10.6. The molecule has 0 aliphatic rings. The Morgan fingerprint density at radius 2 is 1.88 bits per heavy atom. The van der Waals surface area contributed by atoms with Crippen molar-refractivity contribution < 1.29 is 27.4 Å². The van der Waals surface area contributed by atoms with Crippen LogP contribution in [0.2, 0.25) is 0 Å². The molecule has 1 amide bonds. The molecule has 1 aromatic heterocycles. The molecule has 0 atom stereocenters. The summed E-state index contributed by atoms with van der Waals surface area (Å²) in [6.45, 7) is 0. The summed E-state index contributed by atoms with van der Waals surface area (Å²) in [5, 5.41) is 1.88. The van der Waals surface area contributed by atoms with Crippen LogP contribution in [-0.4, -0.2) is 35.3 Å². The van der Waals surface area contributed by atoms with Gasteiger partial charge in [-0.3, -0.25) is 5.32 Å². The summed E-state index contributed by atoms with van der Waals surface area (Å²) in [6, 6.07) is -0.571. The van der Waals surface area contributed by atoms with Crippen LogP contribution in [0.1, 0.15) is 5.82 Å². The predicted octanol–water partition coefficient (Wildman–Crippen LogP) is 1.08. The van der Waals surface area contributed by atoms with Crippen LogP contribution in [0.4, 0.5) is 23.9 Å². The highest BCUT2D eigenvalue weighted by molar-refractivity contribution is 5.81. The molecule has 1 heterocycles. The van der Waals surface area contributed by atoms with Crippen molar-refractivity contribution in [2.45, 2.75) is 6.18 Å². The van der Waals surface area contributed by atoms with Gasteiger partial charge in [-0.05, 0) is 0 Å². The average molecular weight is 252 g/mol. The van der Waals surface area contributed by atoms with Crippen molar-refractivity contribution in [2.75, 3.05) is 19.5 Å². The van der Waals surface area contributed by atoms with E-state index in [1.807, 2.05) is 5.32 Å². The molecule has 0 aromatic carbocycles. The first-order valence-electron chi connectivity index (χ1n) is 4.09. The second kappa shape index (κ2) is 4.80. The number of anilines is 1. The fourth-order valence-corrected chi connectivity index (χ4v) is 0.773. The smallest absolute Gasteiger partial charge is 0.451 e. The summed E-state index contributed by atoms with van der Waals surface area (Å²) in [7, 11) is 2.12. The topological polar surface area (TPSA) is 86.2 Å². The Kier molecular flexibility index (Phi) is 3.66. The number of carbonyl (C=O) groups excluding carboxylic acids is 1. The first-order valence-corrected chi connectivity index (χ1v) is 4.09. The Morgan fingerprint density at radius 3 is 2.35 bits per heavy atom. The molecule has 1 N–H and O–H groups in total. The van der Waals surface area contributed by atoms with Crippen molar-refractivity contribution in [1.82, 2.24) is 15.0 Å². The molecule has 0 bridgehead atoms. The molecule has 0 saturated heterocycles. The normalized spacial score (nSPS) is 10.9. The second-order valence-electron chi connectivity index (χ2n) is 2.58. The van der Waals surface area contributed by atoms with E-state index in [9.17, 15) is 18.0 Å².